The van der Waals surface area contributed by atoms with Crippen LogP contribution in [0.3, 0.4) is 0 Å². The molecule has 0 amide bonds. The van der Waals surface area contributed by atoms with Crippen LogP contribution in [0.4, 0.5) is 0 Å². The van der Waals surface area contributed by atoms with Crippen LogP contribution in [-0.2, 0) is 32.3 Å². The van der Waals surface area contributed by atoms with Crippen molar-refractivity contribution >= 4 is 7.82 Å². The second-order valence-corrected chi connectivity index (χ2v) is 7.68. The van der Waals surface area contributed by atoms with Crippen LogP contribution in [0.5, 0.6) is 0 Å². The second-order valence-electron chi connectivity index (χ2n) is 5.95. The molecule has 1 rings (SSSR count). The van der Waals surface area contributed by atoms with E-state index in [9.17, 15) is 14.8 Å². The molecular formula is C14H30N3O9P. The molecule has 27 heavy (non-hydrogen) atoms. The topological polar surface area (TPSA) is 175 Å². The molecule has 8 atom stereocenters. The van der Waals surface area contributed by atoms with E-state index in [1.165, 1.54) is 14.2 Å². The average molecular weight is 415 g/mol. The third kappa shape index (κ3) is 6.50. The molecule has 0 radical (unpaired) electrons. The first-order valence-corrected chi connectivity index (χ1v) is 9.87. The number of nitrogens with two attached hydrogens (primary N) is 1. The fraction of sp³-hybridized carbons (Fsp3) is 1.00. The van der Waals surface area contributed by atoms with Crippen molar-refractivity contribution in [2.75, 3.05) is 34.5 Å². The van der Waals surface area contributed by atoms with Gasteiger partial charge in [-0.1, -0.05) is 6.92 Å². The van der Waals surface area contributed by atoms with E-state index in [-0.39, 0.29) is 6.61 Å². The lowest BCUT2D eigenvalue weighted by Crippen LogP contribution is -2.57. The zero-order chi connectivity index (χ0) is 20.6. The Kier molecular flexibility index (Phi) is 10.4. The minimum absolute atomic E-state index is 0.143. The fourth-order valence-electron chi connectivity index (χ4n) is 2.57. The summed E-state index contributed by atoms with van der Waals surface area (Å²) < 4.78 is 43.8. The lowest BCUT2D eigenvalue weighted by molar-refractivity contribution is -0.144. The number of methoxy groups -OCH3 is 2. The van der Waals surface area contributed by atoms with Crippen LogP contribution < -0.4 is 5.73 Å². The van der Waals surface area contributed by atoms with Gasteiger partial charge in [-0.15, -0.1) is 0 Å². The molecule has 12 nitrogen and oxygen atoms in total. The lowest BCUT2D eigenvalue weighted by atomic mass is 9.97. The summed E-state index contributed by atoms with van der Waals surface area (Å²) in [6, 6.07) is -0.710. The average Bonchev–Trinajstić information content (AvgIpc) is 2.67. The van der Waals surface area contributed by atoms with Crippen LogP contribution in [0.15, 0.2) is 5.11 Å². The summed E-state index contributed by atoms with van der Waals surface area (Å²) in [5.74, 6) is 0. The van der Waals surface area contributed by atoms with Gasteiger partial charge in [0.1, 0.15) is 24.4 Å². The molecule has 0 saturated carbocycles. The zero-order valence-electron chi connectivity index (χ0n) is 15.9. The highest BCUT2D eigenvalue weighted by atomic mass is 31.2. The highest BCUT2D eigenvalue weighted by Gasteiger charge is 2.44. The predicted octanol–water partition coefficient (Wildman–Crippen LogP) is 0.0191. The van der Waals surface area contributed by atoms with Gasteiger partial charge in [-0.05, 0) is 6.42 Å². The van der Waals surface area contributed by atoms with E-state index in [1.807, 2.05) is 6.92 Å². The van der Waals surface area contributed by atoms with Crippen molar-refractivity contribution in [3.63, 3.8) is 0 Å². The Morgan fingerprint density at radius 1 is 1.37 bits per heavy atom. The predicted molar refractivity (Wildman–Crippen MR) is 92.2 cm³/mol. The Bertz CT molecular complexity index is 498. The summed E-state index contributed by atoms with van der Waals surface area (Å²) in [7, 11) is -0.470. The van der Waals surface area contributed by atoms with E-state index in [1.54, 1.807) is 0 Å². The van der Waals surface area contributed by atoms with Crippen LogP contribution in [0.2, 0.25) is 0 Å². The molecule has 13 heteroatoms. The molecule has 5 unspecified atom stereocenters. The Balaban J connectivity index is 2.81. The van der Waals surface area contributed by atoms with Gasteiger partial charge in [0, 0.05) is 21.3 Å². The monoisotopic (exact) mass is 415 g/mol. The van der Waals surface area contributed by atoms with Crippen molar-refractivity contribution < 1.29 is 42.6 Å². The number of aliphatic hydroxyl groups is 2. The molecule has 0 aromatic rings. The SMILES string of the molecule is CC[C@H]1OC[C@@H](N)C(O)C1OP(=O)(OC)OCC(OC)C(O)[C@H](N=N)OC. The van der Waals surface area contributed by atoms with Crippen molar-refractivity contribution in [3.8, 4) is 0 Å². The number of nitrogens with one attached hydrogen (secondary N) is 1. The summed E-state index contributed by atoms with van der Waals surface area (Å²) >= 11 is 0. The van der Waals surface area contributed by atoms with Gasteiger partial charge < -0.3 is 30.2 Å². The normalized spacial score (nSPS) is 31.7. The van der Waals surface area contributed by atoms with Gasteiger partial charge in [-0.25, -0.2) is 10.1 Å². The number of hydrogen-bond acceptors (Lipinski definition) is 12. The summed E-state index contributed by atoms with van der Waals surface area (Å²) in [6.07, 6.45) is -5.79. The van der Waals surface area contributed by atoms with Crippen LogP contribution in [-0.4, -0.2) is 87.5 Å². The van der Waals surface area contributed by atoms with Crippen molar-refractivity contribution in [1.82, 2.24) is 0 Å². The van der Waals surface area contributed by atoms with Crippen LogP contribution in [0.25, 0.3) is 0 Å². The van der Waals surface area contributed by atoms with Gasteiger partial charge >= 0.3 is 7.82 Å². The zero-order valence-corrected chi connectivity index (χ0v) is 16.8. The Labute approximate surface area is 158 Å². The van der Waals surface area contributed by atoms with Gasteiger partial charge in [0.05, 0.1) is 25.4 Å². The summed E-state index contributed by atoms with van der Waals surface area (Å²) in [6.45, 7) is 1.55. The second kappa shape index (κ2) is 11.5. The Morgan fingerprint density at radius 2 is 2.04 bits per heavy atom. The number of hydrogen-bond donors (Lipinski definition) is 4. The molecular weight excluding hydrogens is 385 g/mol. The first-order valence-electron chi connectivity index (χ1n) is 8.41. The standard InChI is InChI=1S/C14H30N3O9P/c1-5-9-13(11(18)8(15)6-24-9)26-27(20,23-4)25-7-10(21-2)12(19)14(17-16)22-3/h8-14,16,18-19H,5-7,15H2,1-4H3/t8-,9-,10?,11?,12?,13?,14-,27?/m1/s1. The summed E-state index contributed by atoms with van der Waals surface area (Å²) in [5.41, 5.74) is 12.8. The number of phosphoric acid groups is 1. The van der Waals surface area contributed by atoms with E-state index < -0.39 is 57.2 Å². The highest BCUT2D eigenvalue weighted by molar-refractivity contribution is 7.48. The van der Waals surface area contributed by atoms with Gasteiger partial charge in [-0.3, -0.25) is 13.6 Å². The lowest BCUT2D eigenvalue weighted by Gasteiger charge is -2.39. The summed E-state index contributed by atoms with van der Waals surface area (Å²) in [5, 5.41) is 23.5. The van der Waals surface area contributed by atoms with Crippen LogP contribution in [0.1, 0.15) is 13.3 Å². The van der Waals surface area contributed by atoms with E-state index in [0.29, 0.717) is 6.42 Å². The molecule has 5 N–H and O–H groups in total. The summed E-state index contributed by atoms with van der Waals surface area (Å²) in [4.78, 5) is 0. The molecule has 0 aromatic carbocycles. The highest BCUT2D eigenvalue weighted by Crippen LogP contribution is 2.51. The Morgan fingerprint density at radius 3 is 2.52 bits per heavy atom. The number of rotatable bonds is 12. The fourth-order valence-corrected chi connectivity index (χ4v) is 3.71. The van der Waals surface area contributed by atoms with Gasteiger partial charge in [0.15, 0.2) is 6.23 Å². The molecule has 0 aromatic heterocycles. The number of ether oxygens (including phenoxy) is 3. The third-order valence-corrected chi connectivity index (χ3v) is 5.68. The third-order valence-electron chi connectivity index (χ3n) is 4.26. The van der Waals surface area contributed by atoms with Crippen LogP contribution in [0, 0.1) is 5.53 Å². The van der Waals surface area contributed by atoms with Gasteiger partial charge in [0.2, 0.25) is 0 Å². The first kappa shape index (κ1) is 24.5. The van der Waals surface area contributed by atoms with Crippen molar-refractivity contribution in [1.29, 1.82) is 5.53 Å². The molecule has 1 fully saturated rings. The maximum absolute atomic E-state index is 12.8. The minimum atomic E-state index is -4.14. The van der Waals surface area contributed by atoms with Crippen molar-refractivity contribution in [3.05, 3.63) is 0 Å². The number of aliphatic hydroxyl groups excluding tert-OH is 2. The molecule has 0 aliphatic carbocycles. The largest absolute Gasteiger partial charge is 0.475 e. The maximum Gasteiger partial charge on any atom is 0.475 e. The molecule has 1 aliphatic rings. The smallest absolute Gasteiger partial charge is 0.389 e. The maximum atomic E-state index is 12.8. The van der Waals surface area contributed by atoms with Crippen molar-refractivity contribution in [2.24, 2.45) is 10.8 Å². The molecule has 0 spiro atoms. The van der Waals surface area contributed by atoms with Gasteiger partial charge in [-0.2, -0.15) is 5.11 Å². The van der Waals surface area contributed by atoms with Crippen LogP contribution >= 0.6 is 7.82 Å². The first-order chi connectivity index (χ1) is 12.8. The Hall–Kier alpha value is -0.530. The molecule has 0 bridgehead atoms. The van der Waals surface area contributed by atoms with Crippen molar-refractivity contribution in [2.45, 2.75) is 56.1 Å². The minimum Gasteiger partial charge on any atom is -0.389 e. The van der Waals surface area contributed by atoms with Gasteiger partial charge in [0.25, 0.3) is 0 Å². The number of phosphoric ester groups is 1. The van der Waals surface area contributed by atoms with E-state index in [2.05, 4.69) is 5.11 Å². The van der Waals surface area contributed by atoms with E-state index in [4.69, 9.17) is 39.0 Å². The molecule has 1 aliphatic heterocycles. The molecule has 160 valence electrons. The molecule has 1 saturated heterocycles. The van der Waals surface area contributed by atoms with E-state index in [0.717, 1.165) is 7.11 Å². The number of nitrogens with zero attached hydrogens (tertiary/aromatic N) is 1. The van der Waals surface area contributed by atoms with E-state index >= 15 is 0 Å². The molecule has 1 heterocycles. The quantitative estimate of drug-likeness (QED) is 0.251.